The van der Waals surface area contributed by atoms with Gasteiger partial charge in [-0.2, -0.15) is 9.78 Å². The van der Waals surface area contributed by atoms with Crippen LogP contribution >= 0.6 is 11.3 Å². The summed E-state index contributed by atoms with van der Waals surface area (Å²) in [6.45, 7) is 7.91. The minimum Gasteiger partial charge on any atom is -0.463 e. The average molecular weight is 567 g/mol. The van der Waals surface area contributed by atoms with Crippen LogP contribution in [0.5, 0.6) is 0 Å². The Balaban J connectivity index is 1.38. The molecule has 0 saturated heterocycles. The number of nitrogens with zero attached hydrogens (tertiary/aromatic N) is 5. The first kappa shape index (κ1) is 26.1. The van der Waals surface area contributed by atoms with Gasteiger partial charge in [-0.05, 0) is 36.8 Å². The maximum atomic E-state index is 13.4. The summed E-state index contributed by atoms with van der Waals surface area (Å²) in [5.41, 5.74) is 9.89. The molecule has 41 heavy (non-hydrogen) atoms. The van der Waals surface area contributed by atoms with E-state index in [1.807, 2.05) is 58.0 Å². The summed E-state index contributed by atoms with van der Waals surface area (Å²) in [5.74, 6) is 0.580. The van der Waals surface area contributed by atoms with Crippen molar-refractivity contribution in [2.45, 2.75) is 33.1 Å². The van der Waals surface area contributed by atoms with Gasteiger partial charge >= 0.3 is 6.09 Å². The van der Waals surface area contributed by atoms with E-state index >= 15 is 0 Å². The topological polar surface area (TPSA) is 161 Å². The third kappa shape index (κ3) is 4.47. The molecule has 11 nitrogen and oxygen atoms in total. The molecule has 4 aromatic heterocycles. The fraction of sp³-hybridized carbons (Fsp3) is 0.172. The second-order valence-electron chi connectivity index (χ2n) is 10.7. The molecule has 2 aromatic carbocycles. The van der Waals surface area contributed by atoms with Crippen LogP contribution in [0.3, 0.4) is 0 Å². The molecule has 1 amide bonds. The van der Waals surface area contributed by atoms with Gasteiger partial charge in [0, 0.05) is 38.8 Å². The fourth-order valence-corrected chi connectivity index (χ4v) is 5.77. The first-order chi connectivity index (χ1) is 19.5. The van der Waals surface area contributed by atoms with E-state index in [1.165, 1.54) is 17.7 Å². The number of nitrogen functional groups attached to an aromatic ring is 1. The number of nitrogens with one attached hydrogen (secondary N) is 2. The van der Waals surface area contributed by atoms with Crippen molar-refractivity contribution in [1.29, 1.82) is 0 Å². The Morgan fingerprint density at radius 1 is 1.02 bits per heavy atom. The van der Waals surface area contributed by atoms with Gasteiger partial charge in [0.05, 0.1) is 32.7 Å². The number of amides is 1. The van der Waals surface area contributed by atoms with Crippen LogP contribution in [0.4, 0.5) is 27.8 Å². The Kier molecular flexibility index (Phi) is 6.07. The lowest BCUT2D eigenvalue weighted by Crippen LogP contribution is -2.15. The second kappa shape index (κ2) is 9.52. The Hall–Kier alpha value is -5.10. The van der Waals surface area contributed by atoms with Gasteiger partial charge in [0.2, 0.25) is 0 Å². The zero-order valence-electron chi connectivity index (χ0n) is 22.7. The standard InChI is InChI=1S/C29H26N8O3S/c1-14-5-7-17-16(21(14)35-27(38)19-12-41-23-22(19)32-13-33-25(23)30)9-10-31-26(17)34-15-6-8-18-20(11-15)37(28(39)40)36-24(18)29(2,3)4/h5-13H,1-4H3,(H,31,34)(H,35,38)(H,39,40)(H2,30,32,33). The van der Waals surface area contributed by atoms with Crippen molar-refractivity contribution in [2.24, 2.45) is 0 Å². The molecule has 12 heteroatoms. The van der Waals surface area contributed by atoms with Crippen molar-refractivity contribution in [1.82, 2.24) is 24.7 Å². The van der Waals surface area contributed by atoms with E-state index in [1.54, 1.807) is 17.6 Å². The van der Waals surface area contributed by atoms with Gasteiger partial charge in [0.1, 0.15) is 18.0 Å². The average Bonchev–Trinajstić information content (AvgIpc) is 3.53. The summed E-state index contributed by atoms with van der Waals surface area (Å²) in [6.07, 6.45) is 1.85. The van der Waals surface area contributed by atoms with Crippen molar-refractivity contribution >= 4 is 78.2 Å². The summed E-state index contributed by atoms with van der Waals surface area (Å²) in [7, 11) is 0. The molecule has 0 atom stereocenters. The van der Waals surface area contributed by atoms with Crippen LogP contribution in [0.2, 0.25) is 0 Å². The number of aryl methyl sites for hydroxylation is 1. The number of nitrogens with two attached hydrogens (primary N) is 1. The number of hydrogen-bond acceptors (Lipinski definition) is 9. The molecule has 0 fully saturated rings. The number of hydrogen-bond donors (Lipinski definition) is 4. The van der Waals surface area contributed by atoms with Crippen molar-refractivity contribution < 1.29 is 14.7 Å². The number of benzene rings is 2. The number of anilines is 4. The maximum Gasteiger partial charge on any atom is 0.432 e. The highest BCUT2D eigenvalue weighted by atomic mass is 32.1. The third-order valence-corrected chi connectivity index (χ3v) is 7.85. The Morgan fingerprint density at radius 2 is 1.80 bits per heavy atom. The molecule has 0 aliphatic carbocycles. The Morgan fingerprint density at radius 3 is 2.56 bits per heavy atom. The van der Waals surface area contributed by atoms with Crippen molar-refractivity contribution in [3.63, 3.8) is 0 Å². The normalized spacial score (nSPS) is 11.8. The number of thiophene rings is 1. The zero-order valence-corrected chi connectivity index (χ0v) is 23.5. The summed E-state index contributed by atoms with van der Waals surface area (Å²) < 4.78 is 1.67. The molecule has 0 aliphatic heterocycles. The monoisotopic (exact) mass is 566 g/mol. The van der Waals surface area contributed by atoms with Gasteiger partial charge < -0.3 is 21.5 Å². The van der Waals surface area contributed by atoms with Gasteiger partial charge in [-0.1, -0.05) is 32.9 Å². The van der Waals surface area contributed by atoms with Crippen LogP contribution in [0.1, 0.15) is 42.4 Å². The molecule has 0 unspecified atom stereocenters. The van der Waals surface area contributed by atoms with Gasteiger partial charge in [0.15, 0.2) is 0 Å². The number of carbonyl (C=O) groups excluding carboxylic acids is 1. The predicted molar refractivity (Wildman–Crippen MR) is 161 cm³/mol. The van der Waals surface area contributed by atoms with E-state index in [2.05, 4.69) is 30.7 Å². The smallest absolute Gasteiger partial charge is 0.432 e. The molecular weight excluding hydrogens is 540 g/mol. The quantitative estimate of drug-likeness (QED) is 0.192. The SMILES string of the molecule is Cc1ccc2c(Nc3ccc4c(C(C)(C)C)nn(C(=O)O)c4c3)nccc2c1NC(=O)c1csc2c(N)ncnc12. The molecule has 0 radical (unpaired) electrons. The van der Waals surface area contributed by atoms with Crippen molar-refractivity contribution in [2.75, 3.05) is 16.4 Å². The summed E-state index contributed by atoms with van der Waals surface area (Å²) in [5, 5.41) is 24.6. The number of fused-ring (bicyclic) bond motifs is 3. The largest absolute Gasteiger partial charge is 0.463 e. The van der Waals surface area contributed by atoms with E-state index < -0.39 is 6.09 Å². The van der Waals surface area contributed by atoms with Crippen LogP contribution in [0.25, 0.3) is 31.9 Å². The molecular formula is C29H26N8O3S. The molecule has 0 saturated carbocycles. The molecule has 6 rings (SSSR count). The molecule has 0 bridgehead atoms. The zero-order chi connectivity index (χ0) is 29.1. The van der Waals surface area contributed by atoms with Crippen molar-refractivity contribution in [3.05, 3.63) is 71.1 Å². The highest BCUT2D eigenvalue weighted by Crippen LogP contribution is 2.35. The van der Waals surface area contributed by atoms with E-state index in [9.17, 15) is 14.7 Å². The Bertz CT molecular complexity index is 2020. The highest BCUT2D eigenvalue weighted by molar-refractivity contribution is 7.18. The van der Waals surface area contributed by atoms with Crippen LogP contribution < -0.4 is 16.4 Å². The lowest BCUT2D eigenvalue weighted by molar-refractivity contribution is 0.102. The number of pyridine rings is 1. The minimum atomic E-state index is -1.16. The minimum absolute atomic E-state index is 0.307. The van der Waals surface area contributed by atoms with Gasteiger partial charge in [-0.25, -0.2) is 19.7 Å². The van der Waals surface area contributed by atoms with E-state index in [0.29, 0.717) is 50.0 Å². The van der Waals surface area contributed by atoms with Gasteiger partial charge in [-0.3, -0.25) is 4.79 Å². The van der Waals surface area contributed by atoms with Crippen LogP contribution in [-0.2, 0) is 5.41 Å². The molecule has 4 heterocycles. The third-order valence-electron chi connectivity index (χ3n) is 6.85. The number of aromatic nitrogens is 5. The Labute approximate surface area is 238 Å². The molecule has 0 aliphatic rings. The van der Waals surface area contributed by atoms with Gasteiger partial charge in [-0.15, -0.1) is 11.3 Å². The van der Waals surface area contributed by atoms with E-state index in [-0.39, 0.29) is 11.3 Å². The summed E-state index contributed by atoms with van der Waals surface area (Å²) in [6, 6.07) is 11.2. The highest BCUT2D eigenvalue weighted by Gasteiger charge is 2.25. The maximum absolute atomic E-state index is 13.4. The van der Waals surface area contributed by atoms with E-state index in [4.69, 9.17) is 5.73 Å². The molecule has 206 valence electrons. The molecule has 5 N–H and O–H groups in total. The first-order valence-electron chi connectivity index (χ1n) is 12.7. The number of carboxylic acid groups (broad SMARTS) is 1. The number of rotatable bonds is 4. The van der Waals surface area contributed by atoms with Crippen LogP contribution in [-0.4, -0.2) is 41.8 Å². The van der Waals surface area contributed by atoms with Gasteiger partial charge in [0.25, 0.3) is 5.91 Å². The van der Waals surface area contributed by atoms with Crippen LogP contribution in [0.15, 0.2) is 54.3 Å². The molecule has 0 spiro atoms. The fourth-order valence-electron chi connectivity index (χ4n) is 4.87. The van der Waals surface area contributed by atoms with Crippen molar-refractivity contribution in [3.8, 4) is 0 Å². The van der Waals surface area contributed by atoms with Crippen LogP contribution in [0, 0.1) is 6.92 Å². The second-order valence-corrected chi connectivity index (χ2v) is 11.6. The lowest BCUT2D eigenvalue weighted by atomic mass is 9.90. The molecule has 6 aromatic rings. The predicted octanol–water partition coefficient (Wildman–Crippen LogP) is 6.30. The summed E-state index contributed by atoms with van der Waals surface area (Å²) in [4.78, 5) is 38.1. The first-order valence-corrected chi connectivity index (χ1v) is 13.6. The lowest BCUT2D eigenvalue weighted by Gasteiger charge is -2.16. The summed E-state index contributed by atoms with van der Waals surface area (Å²) >= 11 is 1.32. The number of carbonyl (C=O) groups is 2. The van der Waals surface area contributed by atoms with E-state index in [0.717, 1.165) is 26.4 Å².